The van der Waals surface area contributed by atoms with Crippen LogP contribution < -0.4 is 0 Å². The summed E-state index contributed by atoms with van der Waals surface area (Å²) in [6, 6.07) is 0. The van der Waals surface area contributed by atoms with Crippen molar-refractivity contribution in [3.8, 4) is 0 Å². The zero-order chi connectivity index (χ0) is 17.7. The van der Waals surface area contributed by atoms with Gasteiger partial charge in [-0.25, -0.2) is 0 Å². The van der Waals surface area contributed by atoms with Gasteiger partial charge < -0.3 is 20.1 Å². The molecule has 0 rings (SSSR count). The molecule has 0 aromatic heterocycles. The number of carbonyl (C=O) groups excluding carboxylic acids is 1. The van der Waals surface area contributed by atoms with Crippen LogP contribution in [0.25, 0.3) is 0 Å². The number of unbranched alkanes of at least 4 members (excludes halogenated alkanes) is 4. The van der Waals surface area contributed by atoms with Gasteiger partial charge in [0, 0.05) is 13.1 Å². The van der Waals surface area contributed by atoms with Crippen molar-refractivity contribution < 1.29 is 24.9 Å². The Morgan fingerprint density at radius 3 is 2.09 bits per heavy atom. The Kier molecular flexibility index (Phi) is 13.3. The number of hydrogen-bond donors (Lipinski definition) is 3. The molecule has 138 valence electrons. The summed E-state index contributed by atoms with van der Waals surface area (Å²) in [5.74, 6) is -0.560. The average molecular weight is 333 g/mol. The maximum Gasteiger partial charge on any atom is 0.310 e. The zero-order valence-corrected chi connectivity index (χ0v) is 14.9. The van der Waals surface area contributed by atoms with E-state index in [1.54, 1.807) is 4.90 Å². The van der Waals surface area contributed by atoms with Gasteiger partial charge in [-0.3, -0.25) is 9.69 Å². The Morgan fingerprint density at radius 2 is 1.61 bits per heavy atom. The smallest absolute Gasteiger partial charge is 0.310 e. The number of ether oxygens (including phenoxy) is 1. The van der Waals surface area contributed by atoms with E-state index < -0.39 is 12.3 Å². The molecule has 0 bridgehead atoms. The third kappa shape index (κ3) is 9.91. The molecule has 3 unspecified atom stereocenters. The minimum Gasteiger partial charge on any atom is -0.443 e. The SMILES string of the molecule is CCCCCCCC(C)C(=O)OC(C(C)O)N(CCO)CCO. The minimum atomic E-state index is -0.895. The molecule has 6 heteroatoms. The third-order valence-electron chi connectivity index (χ3n) is 3.93. The highest BCUT2D eigenvalue weighted by molar-refractivity contribution is 5.72. The van der Waals surface area contributed by atoms with Crippen molar-refractivity contribution in [1.82, 2.24) is 4.90 Å². The fourth-order valence-corrected chi connectivity index (χ4v) is 2.51. The second-order valence-corrected chi connectivity index (χ2v) is 6.16. The summed E-state index contributed by atoms with van der Waals surface area (Å²) < 4.78 is 5.43. The third-order valence-corrected chi connectivity index (χ3v) is 3.93. The van der Waals surface area contributed by atoms with Gasteiger partial charge in [0.05, 0.1) is 19.1 Å². The Balaban J connectivity index is 4.41. The zero-order valence-electron chi connectivity index (χ0n) is 14.9. The van der Waals surface area contributed by atoms with Crippen LogP contribution in [0.4, 0.5) is 0 Å². The molecule has 0 fully saturated rings. The largest absolute Gasteiger partial charge is 0.443 e. The molecule has 0 saturated heterocycles. The molecular formula is C17H35NO5. The Morgan fingerprint density at radius 1 is 1.04 bits per heavy atom. The van der Waals surface area contributed by atoms with Gasteiger partial charge in [0.1, 0.15) is 6.10 Å². The van der Waals surface area contributed by atoms with Crippen LogP contribution in [-0.2, 0) is 9.53 Å². The van der Waals surface area contributed by atoms with Gasteiger partial charge in [-0.05, 0) is 13.3 Å². The summed E-state index contributed by atoms with van der Waals surface area (Å²) in [7, 11) is 0. The fraction of sp³-hybridized carbons (Fsp3) is 0.941. The van der Waals surface area contributed by atoms with Gasteiger partial charge in [0.2, 0.25) is 0 Å². The lowest BCUT2D eigenvalue weighted by molar-refractivity contribution is -0.177. The number of esters is 1. The number of aliphatic hydroxyl groups is 3. The van der Waals surface area contributed by atoms with Crippen molar-refractivity contribution in [2.75, 3.05) is 26.3 Å². The van der Waals surface area contributed by atoms with E-state index in [0.717, 1.165) is 19.3 Å². The summed E-state index contributed by atoms with van der Waals surface area (Å²) in [6.45, 7) is 5.74. The molecule has 3 atom stereocenters. The Hall–Kier alpha value is -0.690. The molecule has 3 N–H and O–H groups in total. The van der Waals surface area contributed by atoms with Crippen molar-refractivity contribution in [3.63, 3.8) is 0 Å². The second-order valence-electron chi connectivity index (χ2n) is 6.16. The van der Waals surface area contributed by atoms with Gasteiger partial charge in [-0.2, -0.15) is 0 Å². The first-order chi connectivity index (χ1) is 11.0. The molecule has 0 aromatic rings. The monoisotopic (exact) mass is 333 g/mol. The van der Waals surface area contributed by atoms with Gasteiger partial charge in [0.15, 0.2) is 6.23 Å². The fourth-order valence-electron chi connectivity index (χ4n) is 2.51. The molecule has 0 aliphatic rings. The van der Waals surface area contributed by atoms with Crippen molar-refractivity contribution in [1.29, 1.82) is 0 Å². The summed E-state index contributed by atoms with van der Waals surface area (Å²) in [5, 5.41) is 28.0. The van der Waals surface area contributed by atoms with E-state index in [0.29, 0.717) is 0 Å². The molecule has 0 radical (unpaired) electrons. The highest BCUT2D eigenvalue weighted by Crippen LogP contribution is 2.16. The highest BCUT2D eigenvalue weighted by Gasteiger charge is 2.28. The molecule has 23 heavy (non-hydrogen) atoms. The van der Waals surface area contributed by atoms with Gasteiger partial charge in [-0.15, -0.1) is 0 Å². The van der Waals surface area contributed by atoms with Crippen LogP contribution in [0.2, 0.25) is 0 Å². The average Bonchev–Trinajstić information content (AvgIpc) is 2.51. The molecule has 0 saturated carbocycles. The van der Waals surface area contributed by atoms with E-state index in [9.17, 15) is 9.90 Å². The minimum absolute atomic E-state index is 0.131. The molecule has 0 amide bonds. The molecule has 0 aromatic carbocycles. The lowest BCUT2D eigenvalue weighted by Crippen LogP contribution is -2.48. The molecule has 0 spiro atoms. The topological polar surface area (TPSA) is 90.2 Å². The van der Waals surface area contributed by atoms with E-state index in [1.807, 2.05) is 6.92 Å². The number of aliphatic hydroxyl groups excluding tert-OH is 3. The van der Waals surface area contributed by atoms with E-state index in [-0.39, 0.29) is 38.2 Å². The molecule has 0 aliphatic carbocycles. The van der Waals surface area contributed by atoms with Crippen LogP contribution >= 0.6 is 0 Å². The van der Waals surface area contributed by atoms with Crippen molar-refractivity contribution in [2.45, 2.75) is 71.6 Å². The van der Waals surface area contributed by atoms with Crippen molar-refractivity contribution in [2.24, 2.45) is 5.92 Å². The molecule has 0 aliphatic heterocycles. The number of carbonyl (C=O) groups is 1. The van der Waals surface area contributed by atoms with Crippen molar-refractivity contribution >= 4 is 5.97 Å². The van der Waals surface area contributed by atoms with E-state index in [1.165, 1.54) is 26.2 Å². The quantitative estimate of drug-likeness (QED) is 0.254. The van der Waals surface area contributed by atoms with Crippen LogP contribution in [-0.4, -0.2) is 64.8 Å². The summed E-state index contributed by atoms with van der Waals surface area (Å²) in [6.07, 6.45) is 4.75. The lowest BCUT2D eigenvalue weighted by atomic mass is 10.0. The lowest BCUT2D eigenvalue weighted by Gasteiger charge is -2.32. The standard InChI is InChI=1S/C17H35NO5/c1-4-5-6-7-8-9-14(2)17(22)23-16(15(3)21)18(10-12-19)11-13-20/h14-16,19-21H,4-13H2,1-3H3. The molecule has 0 heterocycles. The maximum absolute atomic E-state index is 12.2. The first kappa shape index (κ1) is 22.3. The Labute approximate surface area is 140 Å². The Bertz CT molecular complexity index is 293. The molecular weight excluding hydrogens is 298 g/mol. The van der Waals surface area contributed by atoms with Crippen LogP contribution in [0, 0.1) is 5.92 Å². The van der Waals surface area contributed by atoms with Gasteiger partial charge >= 0.3 is 5.97 Å². The van der Waals surface area contributed by atoms with E-state index in [2.05, 4.69) is 6.92 Å². The van der Waals surface area contributed by atoms with Crippen LogP contribution in [0.15, 0.2) is 0 Å². The second kappa shape index (κ2) is 13.7. The van der Waals surface area contributed by atoms with Crippen LogP contribution in [0.1, 0.15) is 59.3 Å². The van der Waals surface area contributed by atoms with Gasteiger partial charge in [0.25, 0.3) is 0 Å². The van der Waals surface area contributed by atoms with Crippen LogP contribution in [0.5, 0.6) is 0 Å². The van der Waals surface area contributed by atoms with Crippen molar-refractivity contribution in [3.05, 3.63) is 0 Å². The first-order valence-corrected chi connectivity index (χ1v) is 8.82. The van der Waals surface area contributed by atoms with Crippen LogP contribution in [0.3, 0.4) is 0 Å². The highest BCUT2D eigenvalue weighted by atomic mass is 16.6. The summed E-state index contributed by atoms with van der Waals surface area (Å²) in [5.41, 5.74) is 0. The number of nitrogens with zero attached hydrogens (tertiary/aromatic N) is 1. The number of rotatable bonds is 14. The summed E-state index contributed by atoms with van der Waals surface area (Å²) in [4.78, 5) is 13.8. The molecule has 6 nitrogen and oxygen atoms in total. The van der Waals surface area contributed by atoms with E-state index >= 15 is 0 Å². The predicted octanol–water partition coefficient (Wildman–Crippen LogP) is 1.52. The maximum atomic E-state index is 12.2. The van der Waals surface area contributed by atoms with E-state index in [4.69, 9.17) is 14.9 Å². The predicted molar refractivity (Wildman–Crippen MR) is 89.8 cm³/mol. The van der Waals surface area contributed by atoms with Gasteiger partial charge in [-0.1, -0.05) is 46.0 Å². The first-order valence-electron chi connectivity index (χ1n) is 8.82. The number of hydrogen-bond acceptors (Lipinski definition) is 6. The normalized spacial score (nSPS) is 15.4. The summed E-state index contributed by atoms with van der Waals surface area (Å²) >= 11 is 0.